The van der Waals surface area contributed by atoms with Crippen molar-refractivity contribution in [2.75, 3.05) is 11.1 Å². The van der Waals surface area contributed by atoms with Crippen LogP contribution in [0, 0.1) is 0 Å². The average molecular weight is 383 g/mol. The Labute approximate surface area is 155 Å². The number of carbonyl (C=O) groups excluding carboxylic acids is 3. The van der Waals surface area contributed by atoms with Crippen LogP contribution >= 0.6 is 23.4 Å². The zero-order valence-corrected chi connectivity index (χ0v) is 15.5. The molecule has 25 heavy (non-hydrogen) atoms. The fourth-order valence-corrected chi connectivity index (χ4v) is 4.62. The van der Waals surface area contributed by atoms with Gasteiger partial charge in [-0.1, -0.05) is 11.6 Å². The van der Waals surface area contributed by atoms with Gasteiger partial charge in [0.25, 0.3) is 5.91 Å². The van der Waals surface area contributed by atoms with Crippen LogP contribution in [0.5, 0.6) is 0 Å². The van der Waals surface area contributed by atoms with Gasteiger partial charge in [-0.3, -0.25) is 9.59 Å². The van der Waals surface area contributed by atoms with Gasteiger partial charge in [-0.15, -0.1) is 11.8 Å². The van der Waals surface area contributed by atoms with E-state index in [1.807, 2.05) is 6.92 Å². The van der Waals surface area contributed by atoms with Gasteiger partial charge in [-0.25, -0.2) is 4.79 Å². The number of thioether (sulfide) groups is 1. The molecule has 2 heterocycles. The van der Waals surface area contributed by atoms with Crippen LogP contribution in [-0.2, 0) is 19.1 Å². The summed E-state index contributed by atoms with van der Waals surface area (Å²) >= 11 is 7.39. The number of carbonyl (C=O) groups is 3. The summed E-state index contributed by atoms with van der Waals surface area (Å²) in [5.74, 6) is -0.512. The molecule has 1 N–H and O–H groups in total. The predicted molar refractivity (Wildman–Crippen MR) is 96.4 cm³/mol. The van der Waals surface area contributed by atoms with Crippen LogP contribution in [0.15, 0.2) is 24.3 Å². The fraction of sp³-hybridized carbons (Fsp3) is 0.471. The van der Waals surface area contributed by atoms with Crippen molar-refractivity contribution in [1.29, 1.82) is 0 Å². The van der Waals surface area contributed by atoms with E-state index in [4.69, 9.17) is 16.3 Å². The number of nitrogens with zero attached hydrogens (tertiary/aromatic N) is 1. The Morgan fingerprint density at radius 2 is 2.08 bits per heavy atom. The van der Waals surface area contributed by atoms with Crippen molar-refractivity contribution >= 4 is 46.8 Å². The smallest absolute Gasteiger partial charge is 0.330 e. The summed E-state index contributed by atoms with van der Waals surface area (Å²) in [4.78, 5) is 38.0. The maximum atomic E-state index is 12.5. The predicted octanol–water partition coefficient (Wildman–Crippen LogP) is 2.66. The highest BCUT2D eigenvalue weighted by molar-refractivity contribution is 8.01. The van der Waals surface area contributed by atoms with Crippen molar-refractivity contribution in [1.82, 2.24) is 4.90 Å². The van der Waals surface area contributed by atoms with E-state index in [-0.39, 0.29) is 10.8 Å². The minimum Gasteiger partial charge on any atom is -0.451 e. The third-order valence-electron chi connectivity index (χ3n) is 4.49. The van der Waals surface area contributed by atoms with Gasteiger partial charge in [0, 0.05) is 22.9 Å². The normalized spacial score (nSPS) is 26.3. The summed E-state index contributed by atoms with van der Waals surface area (Å²) in [7, 11) is 0. The summed E-state index contributed by atoms with van der Waals surface area (Å²) in [6.07, 6.45) is 0.213. The van der Waals surface area contributed by atoms with E-state index in [1.165, 1.54) is 6.92 Å². The minimum absolute atomic E-state index is 0.0345. The molecule has 8 heteroatoms. The van der Waals surface area contributed by atoms with Crippen LogP contribution in [0.25, 0.3) is 0 Å². The first kappa shape index (κ1) is 18.1. The molecule has 3 rings (SSSR count). The van der Waals surface area contributed by atoms with Crippen LogP contribution in [0.3, 0.4) is 0 Å². The lowest BCUT2D eigenvalue weighted by molar-refractivity contribution is -0.160. The van der Waals surface area contributed by atoms with Crippen molar-refractivity contribution in [2.24, 2.45) is 0 Å². The number of nitrogens with one attached hydrogen (secondary N) is 1. The van der Waals surface area contributed by atoms with Gasteiger partial charge in [0.1, 0.15) is 6.04 Å². The largest absolute Gasteiger partial charge is 0.451 e. The van der Waals surface area contributed by atoms with Crippen LogP contribution in [0.2, 0.25) is 5.02 Å². The van der Waals surface area contributed by atoms with Gasteiger partial charge in [-0.2, -0.15) is 0 Å². The SMILES string of the molecule is C[C@H](OC(=O)[C@H]1CS[C@@]2(C)CCC(=O)N12)C(=O)Nc1ccc(Cl)cc1. The van der Waals surface area contributed by atoms with Crippen molar-refractivity contribution in [3.63, 3.8) is 0 Å². The first-order valence-electron chi connectivity index (χ1n) is 8.03. The lowest BCUT2D eigenvalue weighted by Gasteiger charge is -2.29. The van der Waals surface area contributed by atoms with Gasteiger partial charge in [-0.05, 0) is 44.5 Å². The number of ether oxygens (including phenoxy) is 1. The van der Waals surface area contributed by atoms with Gasteiger partial charge in [0.2, 0.25) is 5.91 Å². The zero-order valence-electron chi connectivity index (χ0n) is 14.0. The molecular formula is C17H19ClN2O4S. The molecule has 2 saturated heterocycles. The molecular weight excluding hydrogens is 364 g/mol. The topological polar surface area (TPSA) is 75.7 Å². The van der Waals surface area contributed by atoms with E-state index in [0.29, 0.717) is 22.9 Å². The number of amides is 2. The lowest BCUT2D eigenvalue weighted by Crippen LogP contribution is -2.48. The third kappa shape index (κ3) is 3.62. The van der Waals surface area contributed by atoms with E-state index < -0.39 is 24.0 Å². The molecule has 0 spiro atoms. The number of halogens is 1. The summed E-state index contributed by atoms with van der Waals surface area (Å²) in [6.45, 7) is 3.47. The molecule has 2 fully saturated rings. The van der Waals surface area contributed by atoms with Crippen molar-refractivity contribution < 1.29 is 19.1 Å². The maximum absolute atomic E-state index is 12.5. The van der Waals surface area contributed by atoms with E-state index >= 15 is 0 Å². The highest BCUT2D eigenvalue weighted by Crippen LogP contribution is 2.47. The van der Waals surface area contributed by atoms with Crippen LogP contribution in [0.1, 0.15) is 26.7 Å². The monoisotopic (exact) mass is 382 g/mol. The minimum atomic E-state index is -0.960. The quantitative estimate of drug-likeness (QED) is 0.810. The Morgan fingerprint density at radius 3 is 2.76 bits per heavy atom. The van der Waals surface area contributed by atoms with Crippen molar-refractivity contribution in [2.45, 2.75) is 43.7 Å². The van der Waals surface area contributed by atoms with Gasteiger partial charge in [0.05, 0.1) is 4.87 Å². The maximum Gasteiger partial charge on any atom is 0.330 e. The molecule has 0 saturated carbocycles. The van der Waals surface area contributed by atoms with Gasteiger partial charge in [0.15, 0.2) is 6.10 Å². The average Bonchev–Trinajstić information content (AvgIpc) is 3.06. The molecule has 134 valence electrons. The van der Waals surface area contributed by atoms with E-state index in [0.717, 1.165) is 6.42 Å². The Hall–Kier alpha value is -1.73. The molecule has 0 radical (unpaired) electrons. The lowest BCUT2D eigenvalue weighted by atomic mass is 10.2. The second-order valence-electron chi connectivity index (χ2n) is 6.34. The first-order valence-corrected chi connectivity index (χ1v) is 9.39. The molecule has 2 aliphatic rings. The Bertz CT molecular complexity index is 711. The molecule has 6 nitrogen and oxygen atoms in total. The molecule has 0 aliphatic carbocycles. The number of fused-ring (bicyclic) bond motifs is 1. The molecule has 1 aromatic rings. The Morgan fingerprint density at radius 1 is 1.40 bits per heavy atom. The number of benzene rings is 1. The number of hydrogen-bond acceptors (Lipinski definition) is 5. The molecule has 3 atom stereocenters. The van der Waals surface area contributed by atoms with Gasteiger partial charge < -0.3 is 15.0 Å². The molecule has 2 amide bonds. The summed E-state index contributed by atoms with van der Waals surface area (Å²) in [5.41, 5.74) is 0.566. The second-order valence-corrected chi connectivity index (χ2v) is 8.28. The van der Waals surface area contributed by atoms with Gasteiger partial charge >= 0.3 is 5.97 Å². The van der Waals surface area contributed by atoms with Crippen LogP contribution in [-0.4, -0.2) is 45.5 Å². The Balaban J connectivity index is 1.59. The number of anilines is 1. The summed E-state index contributed by atoms with van der Waals surface area (Å²) in [5, 5.41) is 3.23. The Kier molecular flexibility index (Phi) is 4.97. The van der Waals surface area contributed by atoms with Crippen LogP contribution in [0.4, 0.5) is 5.69 Å². The molecule has 0 bridgehead atoms. The number of esters is 1. The molecule has 2 aliphatic heterocycles. The van der Waals surface area contributed by atoms with Crippen LogP contribution < -0.4 is 5.32 Å². The first-order chi connectivity index (χ1) is 11.8. The highest BCUT2D eigenvalue weighted by Gasteiger charge is 2.53. The van der Waals surface area contributed by atoms with E-state index in [2.05, 4.69) is 5.32 Å². The molecule has 0 unspecified atom stereocenters. The molecule has 0 aromatic heterocycles. The van der Waals surface area contributed by atoms with Crippen molar-refractivity contribution in [3.8, 4) is 0 Å². The molecule has 1 aromatic carbocycles. The number of rotatable bonds is 4. The fourth-order valence-electron chi connectivity index (χ4n) is 3.08. The van der Waals surface area contributed by atoms with E-state index in [1.54, 1.807) is 40.9 Å². The summed E-state index contributed by atoms with van der Waals surface area (Å²) < 4.78 is 5.31. The second kappa shape index (κ2) is 6.88. The third-order valence-corrected chi connectivity index (χ3v) is 6.25. The standard InChI is InChI=1S/C17H19ClN2O4S/c1-10(15(22)19-12-5-3-11(18)4-6-12)24-16(23)13-9-25-17(2)8-7-14(21)20(13)17/h3-6,10,13H,7-9H2,1-2H3,(H,19,22)/t10-,13+,17-/m0/s1. The highest BCUT2D eigenvalue weighted by atomic mass is 35.5. The van der Waals surface area contributed by atoms with Crippen molar-refractivity contribution in [3.05, 3.63) is 29.3 Å². The number of hydrogen-bond donors (Lipinski definition) is 1. The zero-order chi connectivity index (χ0) is 18.2. The van der Waals surface area contributed by atoms with E-state index in [9.17, 15) is 14.4 Å². The summed E-state index contributed by atoms with van der Waals surface area (Å²) in [6, 6.07) is 6.01.